The lowest BCUT2D eigenvalue weighted by molar-refractivity contribution is -0.154. The van der Waals surface area contributed by atoms with Crippen molar-refractivity contribution in [2.45, 2.75) is 57.3 Å². The Hall–Kier alpha value is -2.03. The van der Waals surface area contributed by atoms with Gasteiger partial charge in [-0.25, -0.2) is 4.98 Å². The van der Waals surface area contributed by atoms with Gasteiger partial charge in [0.15, 0.2) is 12.6 Å². The topological polar surface area (TPSA) is 67.8 Å². The Labute approximate surface area is 163 Å². The SMILES string of the molecule is CN=C(NCCCOC1CCCCC1)NCc1cccnc1OCC(F)(F)F. The molecule has 0 atom stereocenters. The molecule has 1 saturated carbocycles. The highest BCUT2D eigenvalue weighted by Crippen LogP contribution is 2.21. The van der Waals surface area contributed by atoms with Crippen LogP contribution in [0.2, 0.25) is 0 Å². The van der Waals surface area contributed by atoms with Gasteiger partial charge in [-0.15, -0.1) is 0 Å². The summed E-state index contributed by atoms with van der Waals surface area (Å²) in [6, 6.07) is 3.31. The molecule has 158 valence electrons. The second-order valence-electron chi connectivity index (χ2n) is 6.71. The quantitative estimate of drug-likeness (QED) is 0.376. The first kappa shape index (κ1) is 22.3. The van der Waals surface area contributed by atoms with Gasteiger partial charge >= 0.3 is 6.18 Å². The summed E-state index contributed by atoms with van der Waals surface area (Å²) in [5.74, 6) is 0.520. The molecule has 28 heavy (non-hydrogen) atoms. The van der Waals surface area contributed by atoms with Crippen LogP contribution in [-0.4, -0.2) is 50.0 Å². The molecule has 9 heteroatoms. The van der Waals surface area contributed by atoms with Crippen molar-refractivity contribution < 1.29 is 22.6 Å². The molecule has 1 aromatic rings. The third kappa shape index (κ3) is 8.77. The van der Waals surface area contributed by atoms with E-state index in [1.54, 1.807) is 19.2 Å². The summed E-state index contributed by atoms with van der Waals surface area (Å²) in [6.45, 7) is 0.272. The van der Waals surface area contributed by atoms with E-state index in [1.165, 1.54) is 25.5 Å². The minimum Gasteiger partial charge on any atom is -0.468 e. The Kier molecular flexibility index (Phi) is 9.33. The second kappa shape index (κ2) is 11.7. The van der Waals surface area contributed by atoms with Crippen LogP contribution in [0.15, 0.2) is 23.3 Å². The van der Waals surface area contributed by atoms with E-state index in [0.29, 0.717) is 30.8 Å². The van der Waals surface area contributed by atoms with E-state index in [1.807, 2.05) is 0 Å². The average molecular weight is 402 g/mol. The third-order valence-electron chi connectivity index (χ3n) is 4.41. The van der Waals surface area contributed by atoms with E-state index in [-0.39, 0.29) is 12.4 Å². The monoisotopic (exact) mass is 402 g/mol. The number of aromatic nitrogens is 1. The maximum atomic E-state index is 12.4. The molecule has 1 fully saturated rings. The Morgan fingerprint density at radius 1 is 1.25 bits per heavy atom. The van der Waals surface area contributed by atoms with Gasteiger partial charge in [0.2, 0.25) is 5.88 Å². The van der Waals surface area contributed by atoms with Crippen molar-refractivity contribution in [1.29, 1.82) is 0 Å². The molecule has 0 amide bonds. The van der Waals surface area contributed by atoms with Gasteiger partial charge in [-0.3, -0.25) is 4.99 Å². The molecule has 0 aromatic carbocycles. The first-order valence-corrected chi connectivity index (χ1v) is 9.67. The van der Waals surface area contributed by atoms with Gasteiger partial charge in [0.1, 0.15) is 0 Å². The smallest absolute Gasteiger partial charge is 0.422 e. The highest BCUT2D eigenvalue weighted by molar-refractivity contribution is 5.79. The predicted molar refractivity (Wildman–Crippen MR) is 101 cm³/mol. The molecular formula is C19H29F3N4O2. The van der Waals surface area contributed by atoms with Crippen LogP contribution in [0.25, 0.3) is 0 Å². The average Bonchev–Trinajstić information content (AvgIpc) is 2.69. The molecule has 6 nitrogen and oxygen atoms in total. The summed E-state index contributed by atoms with van der Waals surface area (Å²) in [4.78, 5) is 8.00. The fourth-order valence-corrected chi connectivity index (χ4v) is 3.00. The number of halogens is 3. The zero-order valence-electron chi connectivity index (χ0n) is 16.2. The van der Waals surface area contributed by atoms with E-state index in [9.17, 15) is 13.2 Å². The van der Waals surface area contributed by atoms with Gasteiger partial charge in [0.25, 0.3) is 0 Å². The lowest BCUT2D eigenvalue weighted by Gasteiger charge is -2.22. The number of aliphatic imine (C=N–C) groups is 1. The molecule has 0 unspecified atom stereocenters. The maximum Gasteiger partial charge on any atom is 0.422 e. The number of hydrogen-bond acceptors (Lipinski definition) is 4. The van der Waals surface area contributed by atoms with E-state index < -0.39 is 12.8 Å². The molecule has 1 aliphatic carbocycles. The summed E-state index contributed by atoms with van der Waals surface area (Å²) in [5, 5.41) is 6.23. The Morgan fingerprint density at radius 2 is 2.04 bits per heavy atom. The van der Waals surface area contributed by atoms with E-state index in [4.69, 9.17) is 9.47 Å². The number of pyridine rings is 1. The van der Waals surface area contributed by atoms with Crippen molar-refractivity contribution in [3.63, 3.8) is 0 Å². The van der Waals surface area contributed by atoms with Crippen molar-refractivity contribution in [3.05, 3.63) is 23.9 Å². The van der Waals surface area contributed by atoms with Crippen LogP contribution in [-0.2, 0) is 11.3 Å². The first-order valence-electron chi connectivity index (χ1n) is 9.67. The van der Waals surface area contributed by atoms with Crippen LogP contribution in [0.4, 0.5) is 13.2 Å². The lowest BCUT2D eigenvalue weighted by atomic mass is 9.98. The highest BCUT2D eigenvalue weighted by atomic mass is 19.4. The molecule has 0 spiro atoms. The van der Waals surface area contributed by atoms with Crippen LogP contribution >= 0.6 is 0 Å². The number of guanidine groups is 1. The van der Waals surface area contributed by atoms with Crippen molar-refractivity contribution in [2.75, 3.05) is 26.8 Å². The molecular weight excluding hydrogens is 373 g/mol. The van der Waals surface area contributed by atoms with Gasteiger partial charge in [-0.1, -0.05) is 25.3 Å². The highest BCUT2D eigenvalue weighted by Gasteiger charge is 2.29. The van der Waals surface area contributed by atoms with Crippen LogP contribution < -0.4 is 15.4 Å². The molecule has 1 aliphatic rings. The standard InChI is InChI=1S/C19H29F3N4O2/c1-23-18(25-11-6-12-27-16-8-3-2-4-9-16)26-13-15-7-5-10-24-17(15)28-14-19(20,21)22/h5,7,10,16H,2-4,6,8-9,11-14H2,1H3,(H2,23,25,26). The number of ether oxygens (including phenoxy) is 2. The van der Waals surface area contributed by atoms with Gasteiger partial charge in [0.05, 0.1) is 6.10 Å². The Bertz CT molecular complexity index is 605. The summed E-state index contributed by atoms with van der Waals surface area (Å²) < 4.78 is 47.7. The lowest BCUT2D eigenvalue weighted by Crippen LogP contribution is -2.37. The number of alkyl halides is 3. The third-order valence-corrected chi connectivity index (χ3v) is 4.41. The minimum atomic E-state index is -4.40. The second-order valence-corrected chi connectivity index (χ2v) is 6.71. The van der Waals surface area contributed by atoms with Crippen molar-refractivity contribution in [2.24, 2.45) is 4.99 Å². The van der Waals surface area contributed by atoms with Gasteiger partial charge in [0, 0.05) is 38.5 Å². The molecule has 1 heterocycles. The number of nitrogens with zero attached hydrogens (tertiary/aromatic N) is 2. The molecule has 2 N–H and O–H groups in total. The number of rotatable bonds is 9. The fourth-order valence-electron chi connectivity index (χ4n) is 3.00. The Balaban J connectivity index is 1.69. The summed E-state index contributed by atoms with van der Waals surface area (Å²) in [6.07, 6.45) is 4.36. The van der Waals surface area contributed by atoms with Crippen molar-refractivity contribution in [1.82, 2.24) is 15.6 Å². The molecule has 0 bridgehead atoms. The van der Waals surface area contributed by atoms with Crippen molar-refractivity contribution in [3.8, 4) is 5.88 Å². The zero-order chi connectivity index (χ0) is 20.2. The molecule has 2 rings (SSSR count). The molecule has 0 radical (unpaired) electrons. The summed E-state index contributed by atoms with van der Waals surface area (Å²) >= 11 is 0. The molecule has 0 saturated heterocycles. The summed E-state index contributed by atoms with van der Waals surface area (Å²) in [7, 11) is 1.64. The number of nitrogens with one attached hydrogen (secondary N) is 2. The molecule has 1 aromatic heterocycles. The largest absolute Gasteiger partial charge is 0.468 e. The normalized spacial score (nSPS) is 16.1. The van der Waals surface area contributed by atoms with Crippen LogP contribution in [0, 0.1) is 0 Å². The summed E-state index contributed by atoms with van der Waals surface area (Å²) in [5.41, 5.74) is 0.523. The number of hydrogen-bond donors (Lipinski definition) is 2. The Morgan fingerprint density at radius 3 is 2.75 bits per heavy atom. The van der Waals surface area contributed by atoms with Gasteiger partial charge < -0.3 is 20.1 Å². The van der Waals surface area contributed by atoms with E-state index >= 15 is 0 Å². The zero-order valence-corrected chi connectivity index (χ0v) is 16.2. The molecule has 0 aliphatic heterocycles. The van der Waals surface area contributed by atoms with Crippen LogP contribution in [0.1, 0.15) is 44.1 Å². The fraction of sp³-hybridized carbons (Fsp3) is 0.684. The van der Waals surface area contributed by atoms with Gasteiger partial charge in [-0.05, 0) is 25.3 Å². The first-order chi connectivity index (χ1) is 13.5. The predicted octanol–water partition coefficient (Wildman–Crippen LogP) is 3.43. The minimum absolute atomic E-state index is 0.0383. The van der Waals surface area contributed by atoms with Crippen LogP contribution in [0.3, 0.4) is 0 Å². The van der Waals surface area contributed by atoms with Crippen LogP contribution in [0.5, 0.6) is 5.88 Å². The van der Waals surface area contributed by atoms with Gasteiger partial charge in [-0.2, -0.15) is 13.2 Å². The maximum absolute atomic E-state index is 12.4. The van der Waals surface area contributed by atoms with E-state index in [0.717, 1.165) is 19.3 Å². The van der Waals surface area contributed by atoms with Crippen molar-refractivity contribution >= 4 is 5.96 Å². The van der Waals surface area contributed by atoms with E-state index in [2.05, 4.69) is 20.6 Å².